The molecule has 0 saturated carbocycles. The fraction of sp³-hybridized carbons (Fsp3) is 0.714. The van der Waals surface area contributed by atoms with E-state index < -0.39 is 60.2 Å². The Hall–Kier alpha value is -3.42. The second kappa shape index (κ2) is 15.5. The Morgan fingerprint density at radius 3 is 1.91 bits per heavy atom. The Bertz CT molecular complexity index is 784. The number of amides is 4. The molecule has 0 heterocycles. The van der Waals surface area contributed by atoms with E-state index in [1.54, 1.807) is 13.8 Å². The van der Waals surface area contributed by atoms with Crippen molar-refractivity contribution in [1.82, 2.24) is 16.0 Å². The van der Waals surface area contributed by atoms with Crippen molar-refractivity contribution in [3.8, 4) is 0 Å². The second-order valence-electron chi connectivity index (χ2n) is 8.72. The fourth-order valence-electron chi connectivity index (χ4n) is 3.00. The molecular formula is C21H40N8O6. The number of primary amides is 1. The van der Waals surface area contributed by atoms with E-state index in [0.29, 0.717) is 6.42 Å². The van der Waals surface area contributed by atoms with E-state index in [0.717, 1.165) is 0 Å². The first-order valence-electron chi connectivity index (χ1n) is 11.4. The van der Waals surface area contributed by atoms with Gasteiger partial charge in [-0.15, -0.1) is 0 Å². The highest BCUT2D eigenvalue weighted by Crippen LogP contribution is 2.09. The Morgan fingerprint density at radius 2 is 1.46 bits per heavy atom. The minimum absolute atomic E-state index is 0.0441. The van der Waals surface area contributed by atoms with Crippen LogP contribution >= 0.6 is 0 Å². The largest absolute Gasteiger partial charge is 0.480 e. The number of rotatable bonds is 16. The number of carboxylic acid groups (broad SMARTS) is 1. The van der Waals surface area contributed by atoms with Crippen molar-refractivity contribution in [2.75, 3.05) is 6.54 Å². The number of carboxylic acids is 1. The van der Waals surface area contributed by atoms with Crippen LogP contribution in [0, 0.1) is 11.8 Å². The van der Waals surface area contributed by atoms with E-state index in [-0.39, 0.29) is 37.2 Å². The minimum Gasteiger partial charge on any atom is -0.480 e. The quantitative estimate of drug-likeness (QED) is 0.0631. The lowest BCUT2D eigenvalue weighted by Crippen LogP contribution is -2.59. The molecule has 14 heteroatoms. The zero-order valence-electron chi connectivity index (χ0n) is 20.7. The van der Waals surface area contributed by atoms with Gasteiger partial charge in [-0.1, -0.05) is 34.1 Å². The van der Waals surface area contributed by atoms with Crippen LogP contribution in [0.15, 0.2) is 4.99 Å². The summed E-state index contributed by atoms with van der Waals surface area (Å²) in [7, 11) is 0. The third-order valence-electron chi connectivity index (χ3n) is 5.40. The van der Waals surface area contributed by atoms with Gasteiger partial charge in [0.05, 0.1) is 12.5 Å². The maximum absolute atomic E-state index is 13.0. The van der Waals surface area contributed by atoms with Crippen LogP contribution in [0.3, 0.4) is 0 Å². The molecule has 0 aromatic carbocycles. The number of hydrogen-bond donors (Lipinski definition) is 8. The Balaban J connectivity index is 5.62. The third kappa shape index (κ3) is 12.0. The minimum atomic E-state index is -1.58. The standard InChI is InChI=1S/C21H40N8O6/c1-5-11(4)15(23)18(32)29-16(10(2)3)19(33)27-12(7-6-8-26-21(24)25)17(31)28-13(20(34)35)9-14(22)30/h10-13,15-16H,5-9,23H2,1-4H3,(H2,22,30)(H,27,33)(H,28,31)(H,29,32)(H,34,35)(H4,24,25,26). The lowest BCUT2D eigenvalue weighted by molar-refractivity contribution is -0.143. The van der Waals surface area contributed by atoms with Crippen molar-refractivity contribution in [2.45, 2.75) is 77.5 Å². The van der Waals surface area contributed by atoms with Gasteiger partial charge in [0.25, 0.3) is 0 Å². The molecule has 0 radical (unpaired) electrons. The number of carbonyl (C=O) groups excluding carboxylic acids is 4. The number of nitrogens with two attached hydrogens (primary N) is 4. The maximum Gasteiger partial charge on any atom is 0.326 e. The molecular weight excluding hydrogens is 460 g/mol. The number of nitrogens with one attached hydrogen (secondary N) is 3. The average Bonchev–Trinajstić information content (AvgIpc) is 2.76. The zero-order valence-corrected chi connectivity index (χ0v) is 20.7. The summed E-state index contributed by atoms with van der Waals surface area (Å²) in [5.41, 5.74) is 21.6. The van der Waals surface area contributed by atoms with E-state index >= 15 is 0 Å². The van der Waals surface area contributed by atoms with E-state index in [9.17, 15) is 29.1 Å². The van der Waals surface area contributed by atoms with Crippen molar-refractivity contribution >= 4 is 35.6 Å². The Labute approximate surface area is 205 Å². The summed E-state index contributed by atoms with van der Waals surface area (Å²) in [4.78, 5) is 64.8. The van der Waals surface area contributed by atoms with Crippen LogP contribution in [-0.4, -0.2) is 71.4 Å². The van der Waals surface area contributed by atoms with E-state index in [1.807, 2.05) is 13.8 Å². The van der Waals surface area contributed by atoms with Crippen LogP contribution in [0.25, 0.3) is 0 Å². The van der Waals surface area contributed by atoms with Gasteiger partial charge in [-0.2, -0.15) is 0 Å². The van der Waals surface area contributed by atoms with Crippen LogP contribution in [0.4, 0.5) is 0 Å². The predicted molar refractivity (Wildman–Crippen MR) is 129 cm³/mol. The first-order chi connectivity index (χ1) is 16.2. The van der Waals surface area contributed by atoms with Gasteiger partial charge in [-0.25, -0.2) is 4.79 Å². The Kier molecular flexibility index (Phi) is 14.0. The molecule has 5 unspecified atom stereocenters. The summed E-state index contributed by atoms with van der Waals surface area (Å²) in [6, 6.07) is -4.61. The van der Waals surface area contributed by atoms with Crippen molar-refractivity contribution in [2.24, 2.45) is 39.8 Å². The van der Waals surface area contributed by atoms with Crippen LogP contribution in [-0.2, 0) is 24.0 Å². The molecule has 4 amide bonds. The lowest BCUT2D eigenvalue weighted by Gasteiger charge is -2.27. The number of aliphatic imine (C=N–C) groups is 1. The second-order valence-corrected chi connectivity index (χ2v) is 8.72. The summed E-state index contributed by atoms with van der Waals surface area (Å²) in [5, 5.41) is 16.6. The SMILES string of the molecule is CCC(C)C(N)C(=O)NC(C(=O)NC(CCCN=C(N)N)C(=O)NC(CC(N)=O)C(=O)O)C(C)C. The van der Waals surface area contributed by atoms with Gasteiger partial charge in [0.2, 0.25) is 23.6 Å². The topological polar surface area (TPSA) is 258 Å². The van der Waals surface area contributed by atoms with Gasteiger partial charge in [-0.05, 0) is 24.7 Å². The average molecular weight is 501 g/mol. The number of nitrogens with zero attached hydrogens (tertiary/aromatic N) is 1. The van der Waals surface area contributed by atoms with Crippen LogP contribution in [0.2, 0.25) is 0 Å². The molecule has 0 aromatic rings. The van der Waals surface area contributed by atoms with E-state index in [4.69, 9.17) is 22.9 Å². The highest BCUT2D eigenvalue weighted by Gasteiger charge is 2.32. The predicted octanol–water partition coefficient (Wildman–Crippen LogP) is -2.52. The van der Waals surface area contributed by atoms with Gasteiger partial charge in [-0.3, -0.25) is 24.2 Å². The normalized spacial score (nSPS) is 15.1. The summed E-state index contributed by atoms with van der Waals surface area (Å²) >= 11 is 0. The number of guanidine groups is 1. The molecule has 0 aromatic heterocycles. The van der Waals surface area contributed by atoms with Gasteiger partial charge < -0.3 is 44.0 Å². The smallest absolute Gasteiger partial charge is 0.326 e. The molecule has 12 N–H and O–H groups in total. The Morgan fingerprint density at radius 1 is 0.886 bits per heavy atom. The van der Waals surface area contributed by atoms with Crippen LogP contribution in [0.5, 0.6) is 0 Å². The number of aliphatic carboxylic acids is 1. The molecule has 0 aliphatic rings. The maximum atomic E-state index is 13.0. The number of carbonyl (C=O) groups is 5. The molecule has 5 atom stereocenters. The molecule has 0 saturated heterocycles. The molecule has 0 aliphatic carbocycles. The summed E-state index contributed by atoms with van der Waals surface area (Å²) < 4.78 is 0. The molecule has 0 bridgehead atoms. The van der Waals surface area contributed by atoms with E-state index in [2.05, 4.69) is 20.9 Å². The van der Waals surface area contributed by atoms with Crippen molar-refractivity contribution in [3.05, 3.63) is 0 Å². The van der Waals surface area contributed by atoms with Crippen LogP contribution < -0.4 is 38.9 Å². The van der Waals surface area contributed by atoms with Crippen molar-refractivity contribution < 1.29 is 29.1 Å². The van der Waals surface area contributed by atoms with Crippen molar-refractivity contribution in [3.63, 3.8) is 0 Å². The molecule has 0 aliphatic heterocycles. The first-order valence-corrected chi connectivity index (χ1v) is 11.4. The van der Waals surface area contributed by atoms with Gasteiger partial charge in [0.1, 0.15) is 18.1 Å². The highest BCUT2D eigenvalue weighted by molar-refractivity contribution is 5.95. The van der Waals surface area contributed by atoms with Gasteiger partial charge >= 0.3 is 5.97 Å². The lowest BCUT2D eigenvalue weighted by atomic mass is 9.97. The van der Waals surface area contributed by atoms with Crippen LogP contribution in [0.1, 0.15) is 53.4 Å². The summed E-state index contributed by atoms with van der Waals surface area (Å²) in [6.07, 6.45) is 0.346. The fourth-order valence-corrected chi connectivity index (χ4v) is 3.00. The van der Waals surface area contributed by atoms with E-state index in [1.165, 1.54) is 0 Å². The number of hydrogen-bond acceptors (Lipinski definition) is 7. The van der Waals surface area contributed by atoms with Gasteiger partial charge in [0, 0.05) is 6.54 Å². The summed E-state index contributed by atoms with van der Waals surface area (Å²) in [6.45, 7) is 7.27. The van der Waals surface area contributed by atoms with Gasteiger partial charge in [0.15, 0.2) is 5.96 Å². The molecule has 14 nitrogen and oxygen atoms in total. The highest BCUT2D eigenvalue weighted by atomic mass is 16.4. The monoisotopic (exact) mass is 500 g/mol. The van der Waals surface area contributed by atoms with Crippen molar-refractivity contribution in [1.29, 1.82) is 0 Å². The molecule has 0 spiro atoms. The first kappa shape index (κ1) is 31.6. The molecule has 200 valence electrons. The molecule has 35 heavy (non-hydrogen) atoms. The third-order valence-corrected chi connectivity index (χ3v) is 5.40. The molecule has 0 fully saturated rings. The zero-order chi connectivity index (χ0) is 27.3. The summed E-state index contributed by atoms with van der Waals surface area (Å²) in [5.74, 6) is -5.01. The molecule has 0 rings (SSSR count).